The van der Waals surface area contributed by atoms with Crippen molar-refractivity contribution in [1.82, 2.24) is 10.2 Å². The van der Waals surface area contributed by atoms with E-state index in [0.29, 0.717) is 12.0 Å². The fourth-order valence-corrected chi connectivity index (χ4v) is 2.77. The van der Waals surface area contributed by atoms with Gasteiger partial charge in [-0.25, -0.2) is 0 Å². The Hall–Kier alpha value is -1.56. The van der Waals surface area contributed by atoms with Crippen LogP contribution in [0, 0.1) is 0 Å². The van der Waals surface area contributed by atoms with Gasteiger partial charge in [-0.3, -0.25) is 4.79 Å². The molecule has 1 aliphatic carbocycles. The average Bonchev–Trinajstić information content (AvgIpc) is 3.31. The second kappa shape index (κ2) is 7.34. The van der Waals surface area contributed by atoms with E-state index < -0.39 is 11.7 Å². The van der Waals surface area contributed by atoms with Gasteiger partial charge in [0.25, 0.3) is 0 Å². The monoisotopic (exact) mass is 328 g/mol. The molecule has 0 bridgehead atoms. The van der Waals surface area contributed by atoms with Gasteiger partial charge < -0.3 is 10.2 Å². The summed E-state index contributed by atoms with van der Waals surface area (Å²) in [6.07, 6.45) is -1.35. The molecule has 6 heteroatoms. The summed E-state index contributed by atoms with van der Waals surface area (Å²) in [6, 6.07) is 5.11. The summed E-state index contributed by atoms with van der Waals surface area (Å²) in [6.45, 7) is 2.56. The first-order valence-corrected chi connectivity index (χ1v) is 7.97. The van der Waals surface area contributed by atoms with Gasteiger partial charge in [-0.2, -0.15) is 13.2 Å². The number of hydrogen-bond donors (Lipinski definition) is 1. The summed E-state index contributed by atoms with van der Waals surface area (Å²) < 4.78 is 38.6. The number of carbonyl (C=O) groups is 1. The fraction of sp³-hybridized carbons (Fsp3) is 0.588. The molecule has 3 nitrogen and oxygen atoms in total. The first-order valence-electron chi connectivity index (χ1n) is 7.97. The van der Waals surface area contributed by atoms with E-state index in [2.05, 4.69) is 5.32 Å². The quantitative estimate of drug-likeness (QED) is 0.773. The predicted molar refractivity (Wildman–Crippen MR) is 82.9 cm³/mol. The molecule has 0 aromatic heterocycles. The molecule has 0 spiro atoms. The molecule has 0 radical (unpaired) electrons. The van der Waals surface area contributed by atoms with Crippen molar-refractivity contribution in [3.63, 3.8) is 0 Å². The number of nitrogens with one attached hydrogen (secondary N) is 1. The second-order valence-electron chi connectivity index (χ2n) is 6.04. The molecule has 1 fully saturated rings. The Morgan fingerprint density at radius 3 is 2.65 bits per heavy atom. The predicted octanol–water partition coefficient (Wildman–Crippen LogP) is 3.76. The largest absolute Gasteiger partial charge is 0.416 e. The van der Waals surface area contributed by atoms with Crippen molar-refractivity contribution in [1.29, 1.82) is 0 Å². The second-order valence-corrected chi connectivity index (χ2v) is 6.04. The topological polar surface area (TPSA) is 32.3 Å². The highest BCUT2D eigenvalue weighted by Gasteiger charge is 2.37. The van der Waals surface area contributed by atoms with Crippen molar-refractivity contribution in [2.75, 3.05) is 13.6 Å². The molecule has 1 aliphatic rings. The van der Waals surface area contributed by atoms with Crippen LogP contribution >= 0.6 is 0 Å². The molecule has 23 heavy (non-hydrogen) atoms. The van der Waals surface area contributed by atoms with Gasteiger partial charge in [-0.05, 0) is 57.5 Å². The third kappa shape index (κ3) is 4.70. The summed E-state index contributed by atoms with van der Waals surface area (Å²) in [7, 11) is 1.83. The first-order chi connectivity index (χ1) is 10.8. The number of alkyl halides is 3. The van der Waals surface area contributed by atoms with E-state index in [1.807, 2.05) is 14.0 Å². The van der Waals surface area contributed by atoms with E-state index in [1.165, 1.54) is 6.07 Å². The Kier molecular flexibility index (Phi) is 5.68. The molecular weight excluding hydrogens is 305 g/mol. The Morgan fingerprint density at radius 2 is 2.09 bits per heavy atom. The molecule has 128 valence electrons. The van der Waals surface area contributed by atoms with Gasteiger partial charge in [-0.1, -0.05) is 12.1 Å². The summed E-state index contributed by atoms with van der Waals surface area (Å²) in [4.78, 5) is 14.2. The molecule has 1 aromatic carbocycles. The van der Waals surface area contributed by atoms with Gasteiger partial charge in [0.1, 0.15) is 0 Å². The van der Waals surface area contributed by atoms with E-state index in [1.54, 1.807) is 11.0 Å². The molecule has 0 aliphatic heterocycles. The zero-order chi connectivity index (χ0) is 17.0. The molecule has 1 saturated carbocycles. The molecule has 1 N–H and O–H groups in total. The lowest BCUT2D eigenvalue weighted by molar-refractivity contribution is -0.137. The molecule has 1 atom stereocenters. The normalized spacial score (nSPS) is 16.2. The number of amides is 1. The SMILES string of the molecule is CNCCCC(=O)N(C1CC1)C(C)c1cccc(C(F)(F)F)c1. The van der Waals surface area contributed by atoms with Crippen molar-refractivity contribution in [3.05, 3.63) is 35.4 Å². The highest BCUT2D eigenvalue weighted by Crippen LogP contribution is 2.37. The minimum absolute atomic E-state index is 0.0210. The lowest BCUT2D eigenvalue weighted by atomic mass is 10.0. The third-order valence-corrected chi connectivity index (χ3v) is 4.16. The lowest BCUT2D eigenvalue weighted by Gasteiger charge is -2.30. The first kappa shape index (κ1) is 17.8. The van der Waals surface area contributed by atoms with Crippen LogP contribution in [0.1, 0.15) is 49.8 Å². The molecule has 1 unspecified atom stereocenters. The standard InChI is InChI=1S/C17H23F3N2O/c1-12(13-5-3-6-14(11-13)17(18,19)20)22(15-8-9-15)16(23)7-4-10-21-2/h3,5-6,11-12,15,21H,4,7-10H2,1-2H3. The number of benzene rings is 1. The highest BCUT2D eigenvalue weighted by molar-refractivity contribution is 5.77. The van der Waals surface area contributed by atoms with Gasteiger partial charge in [-0.15, -0.1) is 0 Å². The van der Waals surface area contributed by atoms with Crippen molar-refractivity contribution in [2.45, 2.75) is 50.9 Å². The van der Waals surface area contributed by atoms with Crippen LogP contribution in [0.25, 0.3) is 0 Å². The number of carbonyl (C=O) groups excluding carboxylic acids is 1. The minimum Gasteiger partial charge on any atom is -0.333 e. The van der Waals surface area contributed by atoms with Crippen molar-refractivity contribution in [2.24, 2.45) is 0 Å². The Balaban J connectivity index is 2.15. The number of halogens is 3. The summed E-state index contributed by atoms with van der Waals surface area (Å²) in [5.74, 6) is 0.0210. The van der Waals surface area contributed by atoms with Crippen LogP contribution in [-0.4, -0.2) is 30.4 Å². The van der Waals surface area contributed by atoms with Gasteiger partial charge in [0.05, 0.1) is 11.6 Å². The average molecular weight is 328 g/mol. The Labute approximate surface area is 134 Å². The maximum absolute atomic E-state index is 12.9. The van der Waals surface area contributed by atoms with Crippen LogP contribution in [0.3, 0.4) is 0 Å². The van der Waals surface area contributed by atoms with Crippen LogP contribution in [-0.2, 0) is 11.0 Å². The summed E-state index contributed by atoms with van der Waals surface area (Å²) in [5.41, 5.74) is -0.131. The van der Waals surface area contributed by atoms with Crippen LogP contribution in [0.2, 0.25) is 0 Å². The Morgan fingerprint density at radius 1 is 1.39 bits per heavy atom. The van der Waals surface area contributed by atoms with Gasteiger partial charge in [0.2, 0.25) is 5.91 Å². The molecular formula is C17H23F3N2O. The van der Waals surface area contributed by atoms with Crippen LogP contribution in [0.15, 0.2) is 24.3 Å². The van der Waals surface area contributed by atoms with Crippen LogP contribution < -0.4 is 5.32 Å². The number of hydrogen-bond acceptors (Lipinski definition) is 2. The number of nitrogens with zero attached hydrogens (tertiary/aromatic N) is 1. The molecule has 0 saturated heterocycles. The summed E-state index contributed by atoms with van der Waals surface area (Å²) >= 11 is 0. The van der Waals surface area contributed by atoms with Gasteiger partial charge >= 0.3 is 6.18 Å². The fourth-order valence-electron chi connectivity index (χ4n) is 2.77. The van der Waals surface area contributed by atoms with E-state index in [4.69, 9.17) is 0 Å². The van der Waals surface area contributed by atoms with E-state index in [9.17, 15) is 18.0 Å². The van der Waals surface area contributed by atoms with E-state index >= 15 is 0 Å². The van der Waals surface area contributed by atoms with Crippen molar-refractivity contribution in [3.8, 4) is 0 Å². The highest BCUT2D eigenvalue weighted by atomic mass is 19.4. The van der Waals surface area contributed by atoms with E-state index in [-0.39, 0.29) is 18.0 Å². The zero-order valence-corrected chi connectivity index (χ0v) is 13.5. The molecule has 1 amide bonds. The van der Waals surface area contributed by atoms with Gasteiger partial charge in [0, 0.05) is 12.5 Å². The lowest BCUT2D eigenvalue weighted by Crippen LogP contribution is -2.35. The van der Waals surface area contributed by atoms with Crippen molar-refractivity contribution < 1.29 is 18.0 Å². The maximum atomic E-state index is 12.9. The zero-order valence-electron chi connectivity index (χ0n) is 13.5. The van der Waals surface area contributed by atoms with Gasteiger partial charge in [0.15, 0.2) is 0 Å². The maximum Gasteiger partial charge on any atom is 0.416 e. The molecule has 0 heterocycles. The summed E-state index contributed by atoms with van der Waals surface area (Å²) in [5, 5.41) is 3.00. The van der Waals surface area contributed by atoms with Crippen molar-refractivity contribution >= 4 is 5.91 Å². The smallest absolute Gasteiger partial charge is 0.333 e. The molecule has 1 aromatic rings. The molecule has 2 rings (SSSR count). The third-order valence-electron chi connectivity index (χ3n) is 4.16. The number of rotatable bonds is 7. The Bertz CT molecular complexity index is 541. The minimum atomic E-state index is -4.36. The van der Waals surface area contributed by atoms with E-state index in [0.717, 1.165) is 37.9 Å². The van der Waals surface area contributed by atoms with Crippen LogP contribution in [0.4, 0.5) is 13.2 Å². The van der Waals surface area contributed by atoms with Crippen LogP contribution in [0.5, 0.6) is 0 Å².